The van der Waals surface area contributed by atoms with E-state index < -0.39 is 5.97 Å². The predicted molar refractivity (Wildman–Crippen MR) is 58.5 cm³/mol. The Morgan fingerprint density at radius 2 is 2.12 bits per heavy atom. The van der Waals surface area contributed by atoms with E-state index in [0.29, 0.717) is 17.6 Å². The van der Waals surface area contributed by atoms with Crippen molar-refractivity contribution in [1.82, 2.24) is 0 Å². The van der Waals surface area contributed by atoms with Gasteiger partial charge in [0.15, 0.2) is 6.29 Å². The molecule has 0 aromatic heterocycles. The van der Waals surface area contributed by atoms with Gasteiger partial charge < -0.3 is 9.47 Å². The van der Waals surface area contributed by atoms with Crippen LogP contribution in [0.2, 0.25) is 0 Å². The van der Waals surface area contributed by atoms with Crippen molar-refractivity contribution in [2.24, 2.45) is 0 Å². The van der Waals surface area contributed by atoms with Crippen LogP contribution in [-0.2, 0) is 9.53 Å². The molecule has 4 heteroatoms. The van der Waals surface area contributed by atoms with Crippen LogP contribution in [0.4, 0.5) is 0 Å². The molecule has 0 unspecified atom stereocenters. The fourth-order valence-corrected chi connectivity index (χ4v) is 1.08. The van der Waals surface area contributed by atoms with E-state index in [2.05, 4.69) is 11.3 Å². The third kappa shape index (κ3) is 2.95. The minimum absolute atomic E-state index is 0.00245. The van der Waals surface area contributed by atoms with Crippen LogP contribution in [0.1, 0.15) is 10.4 Å². The molecule has 1 rings (SSSR count). The van der Waals surface area contributed by atoms with Crippen molar-refractivity contribution in [3.8, 4) is 5.75 Å². The molecule has 1 aromatic carbocycles. The van der Waals surface area contributed by atoms with Gasteiger partial charge in [-0.1, -0.05) is 18.7 Å². The summed E-state index contributed by atoms with van der Waals surface area (Å²) in [6, 6.07) is 6.74. The van der Waals surface area contributed by atoms with Crippen LogP contribution < -0.4 is 4.74 Å². The molecule has 0 aliphatic heterocycles. The van der Waals surface area contributed by atoms with Gasteiger partial charge in [0.05, 0.1) is 18.2 Å². The highest BCUT2D eigenvalue weighted by Crippen LogP contribution is 2.16. The Morgan fingerprint density at radius 3 is 2.75 bits per heavy atom. The lowest BCUT2D eigenvalue weighted by Crippen LogP contribution is -2.11. The third-order valence-electron chi connectivity index (χ3n) is 1.92. The number of carbonyl (C=O) groups excluding carboxylic acids is 2. The minimum Gasteiger partial charge on any atom is -0.488 e. The van der Waals surface area contributed by atoms with E-state index in [1.165, 1.54) is 7.11 Å². The minimum atomic E-state index is -0.524. The molecule has 0 saturated carbocycles. The second-order valence-electron chi connectivity index (χ2n) is 3.04. The second kappa shape index (κ2) is 5.70. The zero-order valence-corrected chi connectivity index (χ0v) is 8.93. The lowest BCUT2D eigenvalue weighted by molar-refractivity contribution is -0.136. The van der Waals surface area contributed by atoms with Crippen molar-refractivity contribution >= 4 is 12.3 Å². The third-order valence-corrected chi connectivity index (χ3v) is 1.92. The Kier molecular flexibility index (Phi) is 4.27. The maximum Gasteiger partial charge on any atom is 0.336 e. The number of para-hydroxylation sites is 1. The highest BCUT2D eigenvalue weighted by Gasteiger charge is 2.08. The molecule has 0 heterocycles. The zero-order chi connectivity index (χ0) is 12.0. The standard InChI is InChI=1S/C12H12O4/c1-9(12(14)15-2)8-16-11-6-4-3-5-10(11)7-13/h3-7H,1,8H2,2H3. The van der Waals surface area contributed by atoms with Crippen LogP contribution in [0, 0.1) is 0 Å². The van der Waals surface area contributed by atoms with Gasteiger partial charge in [-0.15, -0.1) is 0 Å². The first kappa shape index (κ1) is 12.0. The van der Waals surface area contributed by atoms with Crippen molar-refractivity contribution in [2.75, 3.05) is 13.7 Å². The van der Waals surface area contributed by atoms with Gasteiger partial charge in [0.2, 0.25) is 0 Å². The van der Waals surface area contributed by atoms with Crippen LogP contribution >= 0.6 is 0 Å². The zero-order valence-electron chi connectivity index (χ0n) is 8.93. The smallest absolute Gasteiger partial charge is 0.336 e. The van der Waals surface area contributed by atoms with Crippen LogP contribution in [0.25, 0.3) is 0 Å². The van der Waals surface area contributed by atoms with E-state index in [4.69, 9.17) is 4.74 Å². The molecular formula is C12H12O4. The van der Waals surface area contributed by atoms with Crippen LogP contribution in [0.15, 0.2) is 36.4 Å². The first-order valence-electron chi connectivity index (χ1n) is 4.62. The molecule has 4 nitrogen and oxygen atoms in total. The van der Waals surface area contributed by atoms with Crippen molar-refractivity contribution in [1.29, 1.82) is 0 Å². The summed E-state index contributed by atoms with van der Waals surface area (Å²) in [4.78, 5) is 21.7. The summed E-state index contributed by atoms with van der Waals surface area (Å²) in [5.74, 6) is -0.105. The lowest BCUT2D eigenvalue weighted by Gasteiger charge is -2.08. The highest BCUT2D eigenvalue weighted by atomic mass is 16.5. The van der Waals surface area contributed by atoms with E-state index in [-0.39, 0.29) is 12.2 Å². The lowest BCUT2D eigenvalue weighted by atomic mass is 10.2. The number of hydrogen-bond donors (Lipinski definition) is 0. The fraction of sp³-hybridized carbons (Fsp3) is 0.167. The molecule has 16 heavy (non-hydrogen) atoms. The quantitative estimate of drug-likeness (QED) is 0.429. The van der Waals surface area contributed by atoms with E-state index in [9.17, 15) is 9.59 Å². The van der Waals surface area contributed by atoms with Crippen molar-refractivity contribution in [3.63, 3.8) is 0 Å². The number of esters is 1. The second-order valence-corrected chi connectivity index (χ2v) is 3.04. The molecule has 0 bridgehead atoms. The molecule has 0 radical (unpaired) electrons. The molecule has 0 aliphatic carbocycles. The number of ether oxygens (including phenoxy) is 2. The summed E-state index contributed by atoms with van der Waals surface area (Å²) >= 11 is 0. The number of hydrogen-bond acceptors (Lipinski definition) is 4. The summed E-state index contributed by atoms with van der Waals surface area (Å²) < 4.78 is 9.75. The molecule has 0 aliphatic rings. The highest BCUT2D eigenvalue weighted by molar-refractivity contribution is 5.88. The normalized spacial score (nSPS) is 9.31. The van der Waals surface area contributed by atoms with Crippen LogP contribution in [0.5, 0.6) is 5.75 Å². The maximum atomic E-state index is 11.0. The fourth-order valence-electron chi connectivity index (χ4n) is 1.08. The summed E-state index contributed by atoms with van der Waals surface area (Å²) in [5, 5.41) is 0. The van der Waals surface area contributed by atoms with Crippen molar-refractivity contribution in [3.05, 3.63) is 42.0 Å². The Bertz CT molecular complexity index is 409. The number of methoxy groups -OCH3 is 1. The largest absolute Gasteiger partial charge is 0.488 e. The van der Waals surface area contributed by atoms with Crippen LogP contribution in [0.3, 0.4) is 0 Å². The van der Waals surface area contributed by atoms with Gasteiger partial charge in [0.1, 0.15) is 12.4 Å². The summed E-state index contributed by atoms with van der Waals surface area (Å²) in [5.41, 5.74) is 0.628. The average molecular weight is 220 g/mol. The molecule has 0 N–H and O–H groups in total. The number of benzene rings is 1. The van der Waals surface area contributed by atoms with Crippen molar-refractivity contribution < 1.29 is 19.1 Å². The molecule has 0 spiro atoms. The first-order valence-corrected chi connectivity index (χ1v) is 4.62. The van der Waals surface area contributed by atoms with Gasteiger partial charge in [0, 0.05) is 0 Å². The van der Waals surface area contributed by atoms with E-state index in [1.807, 2.05) is 0 Å². The Balaban J connectivity index is 2.64. The van der Waals surface area contributed by atoms with Gasteiger partial charge in [0.25, 0.3) is 0 Å². The monoisotopic (exact) mass is 220 g/mol. The molecule has 1 aromatic rings. The molecule has 84 valence electrons. The predicted octanol–water partition coefficient (Wildman–Crippen LogP) is 1.61. The summed E-state index contributed by atoms with van der Waals surface area (Å²) in [6.45, 7) is 3.51. The molecule has 0 fully saturated rings. The van der Waals surface area contributed by atoms with Gasteiger partial charge >= 0.3 is 5.97 Å². The topological polar surface area (TPSA) is 52.6 Å². The number of aldehydes is 1. The Labute approximate surface area is 93.5 Å². The Hall–Kier alpha value is -2.10. The Morgan fingerprint density at radius 1 is 1.44 bits per heavy atom. The van der Waals surface area contributed by atoms with E-state index in [1.54, 1.807) is 24.3 Å². The summed E-state index contributed by atoms with van der Waals surface area (Å²) in [6.07, 6.45) is 0.691. The van der Waals surface area contributed by atoms with Gasteiger partial charge in [-0.2, -0.15) is 0 Å². The van der Waals surface area contributed by atoms with E-state index >= 15 is 0 Å². The number of rotatable bonds is 5. The molecular weight excluding hydrogens is 208 g/mol. The average Bonchev–Trinajstić information content (AvgIpc) is 2.35. The van der Waals surface area contributed by atoms with Gasteiger partial charge in [-0.25, -0.2) is 4.79 Å². The SMILES string of the molecule is C=C(COc1ccccc1C=O)C(=O)OC. The van der Waals surface area contributed by atoms with Crippen LogP contribution in [-0.4, -0.2) is 26.0 Å². The number of carbonyl (C=O) groups is 2. The molecule has 0 atom stereocenters. The molecule has 0 saturated heterocycles. The van der Waals surface area contributed by atoms with Crippen molar-refractivity contribution in [2.45, 2.75) is 0 Å². The van der Waals surface area contributed by atoms with Gasteiger partial charge in [-0.05, 0) is 12.1 Å². The molecule has 0 amide bonds. The van der Waals surface area contributed by atoms with E-state index in [0.717, 1.165) is 0 Å². The van der Waals surface area contributed by atoms with Gasteiger partial charge in [-0.3, -0.25) is 4.79 Å². The maximum absolute atomic E-state index is 11.0. The summed E-state index contributed by atoms with van der Waals surface area (Å²) in [7, 11) is 1.27. The first-order chi connectivity index (χ1) is 7.69.